The Hall–Kier alpha value is -1.19. The van der Waals surface area contributed by atoms with Crippen LogP contribution in [0.4, 0.5) is 4.39 Å². The first-order valence-electron chi connectivity index (χ1n) is 6.31. The third kappa shape index (κ3) is 3.65. The lowest BCUT2D eigenvalue weighted by Gasteiger charge is -2.18. The maximum absolute atomic E-state index is 13.0. The molecule has 1 heterocycles. The van der Waals surface area contributed by atoms with Crippen LogP contribution in [-0.2, 0) is 6.42 Å². The topological polar surface area (TPSA) is 12.0 Å². The van der Waals surface area contributed by atoms with E-state index in [1.54, 1.807) is 11.3 Å². The Bertz CT molecular complexity index is 450. The summed E-state index contributed by atoms with van der Waals surface area (Å²) in [5, 5.41) is 5.62. The monoisotopic (exact) mass is 263 g/mol. The van der Waals surface area contributed by atoms with Gasteiger partial charge in [0.05, 0.1) is 0 Å². The predicted octanol–water partition coefficient (Wildman–Crippen LogP) is 4.17. The first-order valence-corrected chi connectivity index (χ1v) is 7.18. The lowest BCUT2D eigenvalue weighted by atomic mass is 10.0. The Labute approximate surface area is 112 Å². The van der Waals surface area contributed by atoms with Crippen molar-refractivity contribution in [3.63, 3.8) is 0 Å². The number of rotatable bonds is 6. The zero-order chi connectivity index (χ0) is 12.8. The largest absolute Gasteiger partial charge is 0.310 e. The van der Waals surface area contributed by atoms with Gasteiger partial charge in [-0.3, -0.25) is 0 Å². The Morgan fingerprint density at radius 1 is 1.22 bits per heavy atom. The minimum atomic E-state index is -0.177. The molecule has 0 spiro atoms. The van der Waals surface area contributed by atoms with Gasteiger partial charge in [0.25, 0.3) is 0 Å². The Morgan fingerprint density at radius 2 is 2.00 bits per heavy atom. The van der Waals surface area contributed by atoms with Crippen molar-refractivity contribution in [1.29, 1.82) is 0 Å². The molecule has 1 nitrogen and oxygen atoms in total. The molecule has 3 heteroatoms. The fraction of sp³-hybridized carbons (Fsp3) is 0.333. The maximum atomic E-state index is 13.0. The fourth-order valence-electron chi connectivity index (χ4n) is 1.95. The minimum Gasteiger partial charge on any atom is -0.310 e. The van der Waals surface area contributed by atoms with Gasteiger partial charge in [0.15, 0.2) is 0 Å². The van der Waals surface area contributed by atoms with Crippen LogP contribution in [-0.4, -0.2) is 6.54 Å². The smallest absolute Gasteiger partial charge is 0.123 e. The fourth-order valence-corrected chi connectivity index (χ4v) is 2.70. The van der Waals surface area contributed by atoms with E-state index in [0.29, 0.717) is 0 Å². The van der Waals surface area contributed by atoms with Crippen LogP contribution in [0.5, 0.6) is 0 Å². The molecule has 2 aromatic rings. The van der Waals surface area contributed by atoms with E-state index in [9.17, 15) is 4.39 Å². The van der Waals surface area contributed by atoms with Crippen LogP contribution >= 0.6 is 11.3 Å². The number of thiophene rings is 1. The van der Waals surface area contributed by atoms with Gasteiger partial charge in [-0.1, -0.05) is 25.1 Å². The van der Waals surface area contributed by atoms with Crippen molar-refractivity contribution in [2.24, 2.45) is 0 Å². The van der Waals surface area contributed by atoms with E-state index in [1.165, 1.54) is 17.0 Å². The summed E-state index contributed by atoms with van der Waals surface area (Å²) in [5.41, 5.74) is 1.15. The third-order valence-electron chi connectivity index (χ3n) is 2.90. The van der Waals surface area contributed by atoms with E-state index in [2.05, 4.69) is 29.8 Å². The van der Waals surface area contributed by atoms with Crippen LogP contribution in [0.2, 0.25) is 0 Å². The van der Waals surface area contributed by atoms with E-state index in [-0.39, 0.29) is 11.9 Å². The van der Waals surface area contributed by atoms with Crippen molar-refractivity contribution < 1.29 is 4.39 Å². The summed E-state index contributed by atoms with van der Waals surface area (Å²) < 4.78 is 13.0. The van der Waals surface area contributed by atoms with E-state index in [1.807, 2.05) is 12.1 Å². The molecule has 18 heavy (non-hydrogen) atoms. The molecule has 0 amide bonds. The van der Waals surface area contributed by atoms with Gasteiger partial charge < -0.3 is 5.32 Å². The van der Waals surface area contributed by atoms with E-state index >= 15 is 0 Å². The molecule has 1 aromatic heterocycles. The SMILES string of the molecule is CCCNC(Cc1cccs1)c1ccc(F)cc1. The van der Waals surface area contributed by atoms with Crippen molar-refractivity contribution >= 4 is 11.3 Å². The number of hydrogen-bond acceptors (Lipinski definition) is 2. The van der Waals surface area contributed by atoms with E-state index < -0.39 is 0 Å². The van der Waals surface area contributed by atoms with Crippen molar-refractivity contribution in [3.05, 3.63) is 58.0 Å². The highest BCUT2D eigenvalue weighted by molar-refractivity contribution is 7.09. The number of halogens is 1. The van der Waals surface area contributed by atoms with E-state index in [0.717, 1.165) is 24.9 Å². The van der Waals surface area contributed by atoms with Gasteiger partial charge in [-0.2, -0.15) is 0 Å². The molecule has 0 saturated heterocycles. The average molecular weight is 263 g/mol. The second-order valence-electron chi connectivity index (χ2n) is 4.34. The van der Waals surface area contributed by atoms with Gasteiger partial charge >= 0.3 is 0 Å². The molecule has 1 N–H and O–H groups in total. The zero-order valence-corrected chi connectivity index (χ0v) is 11.3. The highest BCUT2D eigenvalue weighted by atomic mass is 32.1. The molecular formula is C15H18FNS. The average Bonchev–Trinajstić information content (AvgIpc) is 2.88. The van der Waals surface area contributed by atoms with Crippen molar-refractivity contribution in [2.45, 2.75) is 25.8 Å². The molecule has 0 aliphatic rings. The summed E-state index contributed by atoms with van der Waals surface area (Å²) in [6.45, 7) is 3.13. The predicted molar refractivity (Wildman–Crippen MR) is 75.5 cm³/mol. The Balaban J connectivity index is 2.11. The van der Waals surface area contributed by atoms with Gasteiger partial charge in [0.2, 0.25) is 0 Å². The molecule has 1 unspecified atom stereocenters. The third-order valence-corrected chi connectivity index (χ3v) is 3.80. The molecule has 0 bridgehead atoms. The van der Waals surface area contributed by atoms with Gasteiger partial charge in [-0.25, -0.2) is 4.39 Å². The van der Waals surface area contributed by atoms with Crippen LogP contribution in [0.3, 0.4) is 0 Å². The number of hydrogen-bond donors (Lipinski definition) is 1. The lowest BCUT2D eigenvalue weighted by Crippen LogP contribution is -2.23. The first kappa shape index (κ1) is 13.2. The van der Waals surface area contributed by atoms with Crippen molar-refractivity contribution in [1.82, 2.24) is 5.32 Å². The quantitative estimate of drug-likeness (QED) is 0.824. The molecule has 0 radical (unpaired) electrons. The summed E-state index contributed by atoms with van der Waals surface area (Å²) in [5.74, 6) is -0.177. The Kier molecular flexibility index (Phi) is 4.90. The summed E-state index contributed by atoms with van der Waals surface area (Å²) in [6, 6.07) is 11.3. The number of benzene rings is 1. The molecule has 0 aliphatic heterocycles. The summed E-state index contributed by atoms with van der Waals surface area (Å²) in [6.07, 6.45) is 2.06. The highest BCUT2D eigenvalue weighted by Crippen LogP contribution is 2.21. The number of nitrogens with one attached hydrogen (secondary N) is 1. The van der Waals surface area contributed by atoms with Crippen LogP contribution in [0.1, 0.15) is 29.8 Å². The van der Waals surface area contributed by atoms with E-state index in [4.69, 9.17) is 0 Å². The molecule has 0 fully saturated rings. The van der Waals surface area contributed by atoms with Crippen LogP contribution < -0.4 is 5.32 Å². The molecule has 1 aromatic carbocycles. The molecule has 0 aliphatic carbocycles. The molecule has 2 rings (SSSR count). The highest BCUT2D eigenvalue weighted by Gasteiger charge is 2.12. The van der Waals surface area contributed by atoms with Gasteiger partial charge in [-0.05, 0) is 42.1 Å². The van der Waals surface area contributed by atoms with Crippen LogP contribution in [0.15, 0.2) is 41.8 Å². The van der Waals surface area contributed by atoms with Crippen molar-refractivity contribution in [2.75, 3.05) is 6.54 Å². The zero-order valence-electron chi connectivity index (χ0n) is 10.5. The second kappa shape index (κ2) is 6.66. The second-order valence-corrected chi connectivity index (χ2v) is 5.37. The molecular weight excluding hydrogens is 245 g/mol. The molecule has 1 atom stereocenters. The first-order chi connectivity index (χ1) is 8.79. The summed E-state index contributed by atoms with van der Waals surface area (Å²) in [4.78, 5) is 1.35. The lowest BCUT2D eigenvalue weighted by molar-refractivity contribution is 0.530. The van der Waals surface area contributed by atoms with Crippen molar-refractivity contribution in [3.8, 4) is 0 Å². The van der Waals surface area contributed by atoms with Gasteiger partial charge in [0, 0.05) is 17.3 Å². The van der Waals surface area contributed by atoms with Gasteiger partial charge in [-0.15, -0.1) is 11.3 Å². The molecule has 96 valence electrons. The molecule has 0 saturated carbocycles. The minimum absolute atomic E-state index is 0.177. The Morgan fingerprint density at radius 3 is 2.61 bits per heavy atom. The summed E-state index contributed by atoms with van der Waals surface area (Å²) in [7, 11) is 0. The summed E-state index contributed by atoms with van der Waals surface area (Å²) >= 11 is 1.77. The van der Waals surface area contributed by atoms with Crippen LogP contribution in [0.25, 0.3) is 0 Å². The van der Waals surface area contributed by atoms with Crippen LogP contribution in [0, 0.1) is 5.82 Å². The standard InChI is InChI=1S/C15H18FNS/c1-2-9-17-15(11-14-4-3-10-18-14)12-5-7-13(16)8-6-12/h3-8,10,15,17H,2,9,11H2,1H3. The maximum Gasteiger partial charge on any atom is 0.123 e. The normalized spacial score (nSPS) is 12.6. The van der Waals surface area contributed by atoms with Gasteiger partial charge in [0.1, 0.15) is 5.82 Å².